The maximum absolute atomic E-state index is 7.10. The van der Waals surface area contributed by atoms with Gasteiger partial charge in [-0.25, -0.2) is 0 Å². The minimum Gasteiger partial charge on any atom is -0.456 e. The van der Waals surface area contributed by atoms with Crippen LogP contribution in [0.1, 0.15) is 0 Å². The molecule has 0 fully saturated rings. The Hall–Kier alpha value is -7.56. The highest BCUT2D eigenvalue weighted by Gasteiger charge is 2.22. The van der Waals surface area contributed by atoms with E-state index >= 15 is 0 Å². The summed E-state index contributed by atoms with van der Waals surface area (Å²) in [6, 6.07) is 66.0. The van der Waals surface area contributed by atoms with Crippen molar-refractivity contribution in [1.82, 2.24) is 0 Å². The Morgan fingerprint density at radius 3 is 1.82 bits per heavy atom. The van der Waals surface area contributed by atoms with Gasteiger partial charge in [0.1, 0.15) is 27.9 Å². The van der Waals surface area contributed by atoms with E-state index in [0.717, 1.165) is 105 Å². The third-order valence-corrected chi connectivity index (χ3v) is 11.2. The van der Waals surface area contributed by atoms with Crippen molar-refractivity contribution in [2.24, 2.45) is 0 Å². The number of fused-ring (bicyclic) bond motifs is 10. The molecule has 0 atom stereocenters. The molecule has 12 rings (SSSR count). The van der Waals surface area contributed by atoms with Gasteiger partial charge in [-0.1, -0.05) is 121 Å². The van der Waals surface area contributed by atoms with E-state index in [1.54, 1.807) is 0 Å². The van der Waals surface area contributed by atoms with Gasteiger partial charge in [-0.05, 0) is 94.2 Å². The topological polar surface area (TPSA) is 42.7 Å². The molecule has 0 N–H and O–H groups in total. The van der Waals surface area contributed by atoms with Crippen molar-refractivity contribution in [3.05, 3.63) is 188 Å². The van der Waals surface area contributed by atoms with Crippen LogP contribution in [-0.2, 0) is 0 Å². The Morgan fingerprint density at radius 2 is 0.946 bits per heavy atom. The first-order chi connectivity index (χ1) is 27.7. The average molecular weight is 718 g/mol. The zero-order chi connectivity index (χ0) is 36.7. The van der Waals surface area contributed by atoms with E-state index in [9.17, 15) is 0 Å². The van der Waals surface area contributed by atoms with E-state index in [2.05, 4.69) is 181 Å². The zero-order valence-electron chi connectivity index (χ0n) is 30.1. The Bertz CT molecular complexity index is 3500. The molecule has 56 heavy (non-hydrogen) atoms. The predicted molar refractivity (Wildman–Crippen MR) is 231 cm³/mol. The lowest BCUT2D eigenvalue weighted by atomic mass is 9.96. The van der Waals surface area contributed by atoms with Crippen molar-refractivity contribution >= 4 is 93.7 Å². The molecule has 0 spiro atoms. The van der Waals surface area contributed by atoms with Gasteiger partial charge < -0.3 is 18.2 Å². The van der Waals surface area contributed by atoms with Crippen LogP contribution in [0.5, 0.6) is 0 Å². The lowest BCUT2D eigenvalue weighted by Crippen LogP contribution is -2.10. The summed E-state index contributed by atoms with van der Waals surface area (Å²) in [5, 5.41) is 8.87. The number of nitrogens with zero attached hydrogens (tertiary/aromatic N) is 1. The first kappa shape index (κ1) is 30.9. The van der Waals surface area contributed by atoms with Crippen LogP contribution in [0.3, 0.4) is 0 Å². The molecule has 3 heterocycles. The molecule has 0 bridgehead atoms. The molecule has 0 saturated carbocycles. The predicted octanol–water partition coefficient (Wildman–Crippen LogP) is 15.3. The molecule has 262 valence electrons. The fourth-order valence-electron chi connectivity index (χ4n) is 8.65. The summed E-state index contributed by atoms with van der Waals surface area (Å²) in [7, 11) is 0. The first-order valence-corrected chi connectivity index (χ1v) is 18.9. The summed E-state index contributed by atoms with van der Waals surface area (Å²) in [5.74, 6) is 0. The Balaban J connectivity index is 1.05. The maximum atomic E-state index is 7.10. The second kappa shape index (κ2) is 12.0. The van der Waals surface area contributed by atoms with Crippen LogP contribution in [0, 0.1) is 0 Å². The van der Waals surface area contributed by atoms with E-state index in [4.69, 9.17) is 13.3 Å². The molecular weight excluding hydrogens is 687 g/mol. The number of hydrogen-bond donors (Lipinski definition) is 0. The van der Waals surface area contributed by atoms with Gasteiger partial charge in [-0.3, -0.25) is 0 Å². The van der Waals surface area contributed by atoms with Crippen molar-refractivity contribution in [2.75, 3.05) is 4.90 Å². The van der Waals surface area contributed by atoms with Crippen molar-refractivity contribution in [2.45, 2.75) is 0 Å². The molecule has 0 aliphatic carbocycles. The molecule has 0 amide bonds. The summed E-state index contributed by atoms with van der Waals surface area (Å²) in [5.41, 5.74) is 12.6. The summed E-state index contributed by atoms with van der Waals surface area (Å²) in [4.78, 5) is 2.30. The van der Waals surface area contributed by atoms with Gasteiger partial charge in [0.2, 0.25) is 0 Å². The van der Waals surface area contributed by atoms with Crippen molar-refractivity contribution in [3.63, 3.8) is 0 Å². The van der Waals surface area contributed by atoms with Gasteiger partial charge in [0.05, 0.1) is 5.69 Å². The normalized spacial score (nSPS) is 11.9. The second-order valence-electron chi connectivity index (χ2n) is 14.4. The first-order valence-electron chi connectivity index (χ1n) is 18.9. The molecule has 0 aliphatic heterocycles. The van der Waals surface area contributed by atoms with E-state index in [1.165, 1.54) is 10.8 Å². The van der Waals surface area contributed by atoms with E-state index in [-0.39, 0.29) is 0 Å². The quantitative estimate of drug-likeness (QED) is 0.178. The number of para-hydroxylation sites is 4. The van der Waals surface area contributed by atoms with Gasteiger partial charge in [-0.2, -0.15) is 0 Å². The number of furan rings is 3. The molecule has 9 aromatic carbocycles. The lowest BCUT2D eigenvalue weighted by molar-refractivity contribution is 0.668. The Kier molecular flexibility index (Phi) is 6.60. The van der Waals surface area contributed by atoms with Crippen LogP contribution >= 0.6 is 0 Å². The molecule has 0 unspecified atom stereocenters. The largest absolute Gasteiger partial charge is 0.456 e. The lowest BCUT2D eigenvalue weighted by Gasteiger charge is -2.25. The van der Waals surface area contributed by atoms with Crippen LogP contribution in [0.15, 0.2) is 201 Å². The number of benzene rings is 9. The third-order valence-electron chi connectivity index (χ3n) is 11.2. The van der Waals surface area contributed by atoms with Gasteiger partial charge in [0, 0.05) is 49.3 Å². The maximum Gasteiger partial charge on any atom is 0.159 e. The van der Waals surface area contributed by atoms with Gasteiger partial charge in [0.25, 0.3) is 0 Å². The highest BCUT2D eigenvalue weighted by molar-refractivity contribution is 6.19. The van der Waals surface area contributed by atoms with Crippen molar-refractivity contribution < 1.29 is 13.3 Å². The Morgan fingerprint density at radius 1 is 0.321 bits per heavy atom. The highest BCUT2D eigenvalue weighted by Crippen LogP contribution is 2.46. The molecule has 4 nitrogen and oxygen atoms in total. The summed E-state index contributed by atoms with van der Waals surface area (Å²) in [6.07, 6.45) is 0. The van der Waals surface area contributed by atoms with Gasteiger partial charge >= 0.3 is 0 Å². The van der Waals surface area contributed by atoms with E-state index in [0.29, 0.717) is 0 Å². The SMILES string of the molecule is c1ccc(N(c2ccc3ccccc3c2)c2cccc3c2oc2c(-c4cccc5oc6ccc(-c7ccc8oc9ccccc9c8c7)cc6c45)cccc23)cc1. The smallest absolute Gasteiger partial charge is 0.159 e. The second-order valence-corrected chi connectivity index (χ2v) is 14.4. The van der Waals surface area contributed by atoms with Crippen molar-refractivity contribution in [3.8, 4) is 22.3 Å². The third kappa shape index (κ3) is 4.66. The molecular formula is C52H31NO3. The molecule has 0 aliphatic rings. The number of anilines is 3. The number of rotatable bonds is 5. The minimum absolute atomic E-state index is 0.834. The molecule has 0 radical (unpaired) electrons. The minimum atomic E-state index is 0.834. The number of hydrogen-bond acceptors (Lipinski definition) is 4. The fourth-order valence-corrected chi connectivity index (χ4v) is 8.65. The standard InChI is InChI=1S/C52H31NO3/c1-2-13-36(14-3-1)53(37-26-23-32-11-4-5-12-33(32)29-37)45-20-9-19-42-41-18-8-17-40(51(41)56-52(42)45)39-16-10-22-49-50(39)44-31-35(25-28-48(44)55-49)34-24-27-47-43(30-34)38-15-6-7-21-46(38)54-47/h1-31H. The molecule has 12 aromatic rings. The summed E-state index contributed by atoms with van der Waals surface area (Å²) < 4.78 is 19.8. The summed E-state index contributed by atoms with van der Waals surface area (Å²) in [6.45, 7) is 0. The van der Waals surface area contributed by atoms with Gasteiger partial charge in [-0.15, -0.1) is 0 Å². The monoisotopic (exact) mass is 717 g/mol. The fraction of sp³-hybridized carbons (Fsp3) is 0. The van der Waals surface area contributed by atoms with Crippen LogP contribution in [-0.4, -0.2) is 0 Å². The highest BCUT2D eigenvalue weighted by atomic mass is 16.3. The van der Waals surface area contributed by atoms with Crippen LogP contribution in [0.2, 0.25) is 0 Å². The average Bonchev–Trinajstić information content (AvgIpc) is 3.95. The van der Waals surface area contributed by atoms with Crippen molar-refractivity contribution in [1.29, 1.82) is 0 Å². The zero-order valence-corrected chi connectivity index (χ0v) is 30.1. The van der Waals surface area contributed by atoms with Crippen LogP contribution < -0.4 is 4.90 Å². The van der Waals surface area contributed by atoms with Gasteiger partial charge in [0.15, 0.2) is 5.58 Å². The van der Waals surface area contributed by atoms with Crippen LogP contribution in [0.25, 0.3) is 98.8 Å². The Labute approximate surface area is 321 Å². The molecule has 3 aromatic heterocycles. The van der Waals surface area contributed by atoms with E-state index in [1.807, 2.05) is 12.1 Å². The molecule has 4 heteroatoms. The van der Waals surface area contributed by atoms with E-state index < -0.39 is 0 Å². The summed E-state index contributed by atoms with van der Waals surface area (Å²) >= 11 is 0. The molecule has 0 saturated heterocycles. The van der Waals surface area contributed by atoms with Crippen LogP contribution in [0.4, 0.5) is 17.1 Å².